The molecule has 108 valence electrons. The van der Waals surface area contributed by atoms with Crippen LogP contribution in [0.4, 0.5) is 5.69 Å². The fourth-order valence-electron chi connectivity index (χ4n) is 2.55. The zero-order valence-corrected chi connectivity index (χ0v) is 12.9. The number of halogens is 1. The van der Waals surface area contributed by atoms with E-state index in [9.17, 15) is 14.9 Å². The zero-order chi connectivity index (χ0) is 14.7. The van der Waals surface area contributed by atoms with Crippen LogP contribution >= 0.6 is 15.9 Å². The lowest BCUT2D eigenvalue weighted by atomic mass is 9.94. The zero-order valence-electron chi connectivity index (χ0n) is 11.3. The van der Waals surface area contributed by atoms with Crippen LogP contribution in [0.25, 0.3) is 0 Å². The first-order valence-electron chi connectivity index (χ1n) is 6.69. The van der Waals surface area contributed by atoms with Gasteiger partial charge in [0.15, 0.2) is 0 Å². The number of nitro groups is 1. The lowest BCUT2D eigenvalue weighted by molar-refractivity contribution is -0.385. The van der Waals surface area contributed by atoms with Crippen LogP contribution < -0.4 is 0 Å². The molecule has 6 heteroatoms. The van der Waals surface area contributed by atoms with Crippen molar-refractivity contribution in [3.8, 4) is 0 Å². The Kier molecular flexibility index (Phi) is 4.88. The minimum atomic E-state index is -0.387. The van der Waals surface area contributed by atoms with Gasteiger partial charge in [-0.15, -0.1) is 0 Å². The molecule has 0 spiro atoms. The van der Waals surface area contributed by atoms with Crippen LogP contribution in [0, 0.1) is 16.0 Å². The molecule has 0 aliphatic carbocycles. The molecule has 1 aromatic rings. The summed E-state index contributed by atoms with van der Waals surface area (Å²) in [5.74, 6) is 0.433. The van der Waals surface area contributed by atoms with Crippen molar-refractivity contribution >= 4 is 27.4 Å². The van der Waals surface area contributed by atoms with E-state index >= 15 is 0 Å². The average molecular weight is 341 g/mol. The fraction of sp³-hybridized carbons (Fsp3) is 0.500. The molecule has 0 bridgehead atoms. The number of nitrogens with zero attached hydrogens (tertiary/aromatic N) is 2. The first-order chi connectivity index (χ1) is 9.52. The molecular formula is C14H17BrN2O3. The van der Waals surface area contributed by atoms with Crippen LogP contribution in [0.15, 0.2) is 22.7 Å². The number of ketones is 1. The number of likely N-dealkylation sites (tertiary alicyclic amines) is 1. The topological polar surface area (TPSA) is 63.4 Å². The smallest absolute Gasteiger partial charge is 0.283 e. The molecule has 1 aliphatic heterocycles. The third-order valence-electron chi connectivity index (χ3n) is 3.75. The molecule has 20 heavy (non-hydrogen) atoms. The highest BCUT2D eigenvalue weighted by Crippen LogP contribution is 2.30. The van der Waals surface area contributed by atoms with Gasteiger partial charge in [-0.3, -0.25) is 19.8 Å². The number of hydrogen-bond acceptors (Lipinski definition) is 4. The summed E-state index contributed by atoms with van der Waals surface area (Å²) in [5, 5.41) is 10.9. The summed E-state index contributed by atoms with van der Waals surface area (Å²) in [4.78, 5) is 24.4. The molecule has 1 saturated heterocycles. The molecule has 2 rings (SSSR count). The van der Waals surface area contributed by atoms with E-state index in [4.69, 9.17) is 0 Å². The van der Waals surface area contributed by atoms with Gasteiger partial charge in [0, 0.05) is 38.0 Å². The molecule has 1 aromatic carbocycles. The first-order valence-corrected chi connectivity index (χ1v) is 7.49. The van der Waals surface area contributed by atoms with Gasteiger partial charge in [0.05, 0.1) is 9.40 Å². The Labute approximate surface area is 126 Å². The van der Waals surface area contributed by atoms with Crippen molar-refractivity contribution in [1.82, 2.24) is 4.90 Å². The van der Waals surface area contributed by atoms with Crippen LogP contribution in [0.3, 0.4) is 0 Å². The number of hydrogen-bond donors (Lipinski definition) is 0. The second-order valence-electron chi connectivity index (χ2n) is 5.06. The quantitative estimate of drug-likeness (QED) is 0.623. The molecule has 0 amide bonds. The third kappa shape index (κ3) is 3.24. The van der Waals surface area contributed by atoms with E-state index in [1.54, 1.807) is 6.07 Å². The number of carbonyl (C=O) groups is 1. The van der Waals surface area contributed by atoms with Crippen molar-refractivity contribution in [3.63, 3.8) is 0 Å². The van der Waals surface area contributed by atoms with Crippen LogP contribution in [0.5, 0.6) is 0 Å². The highest BCUT2D eigenvalue weighted by molar-refractivity contribution is 9.10. The molecule has 1 fully saturated rings. The standard InChI is InChI=1S/C14H17BrN2O3/c1-2-10-8-16(7-6-13(10)18)9-11-4-3-5-12(14(11)15)17(19)20/h3-5,10H,2,6-9H2,1H3. The Bertz CT molecular complexity index is 533. The Morgan fingerprint density at radius 2 is 2.25 bits per heavy atom. The third-order valence-corrected chi connectivity index (χ3v) is 4.67. The normalized spacial score (nSPS) is 20.1. The fourth-order valence-corrected chi connectivity index (χ4v) is 3.08. The van der Waals surface area contributed by atoms with Crippen molar-refractivity contribution in [2.24, 2.45) is 5.92 Å². The maximum Gasteiger partial charge on any atom is 0.283 e. The summed E-state index contributed by atoms with van der Waals surface area (Å²) in [6, 6.07) is 5.07. The largest absolute Gasteiger partial charge is 0.299 e. The molecule has 0 radical (unpaired) electrons. The van der Waals surface area contributed by atoms with E-state index in [-0.39, 0.29) is 16.5 Å². The molecule has 1 heterocycles. The van der Waals surface area contributed by atoms with E-state index in [2.05, 4.69) is 20.8 Å². The van der Waals surface area contributed by atoms with Crippen molar-refractivity contribution < 1.29 is 9.72 Å². The maximum atomic E-state index is 11.7. The van der Waals surface area contributed by atoms with Gasteiger partial charge in [0.1, 0.15) is 5.78 Å². The van der Waals surface area contributed by atoms with Crippen LogP contribution in [-0.2, 0) is 11.3 Å². The second-order valence-corrected chi connectivity index (χ2v) is 5.86. The molecule has 0 saturated carbocycles. The molecule has 1 unspecified atom stereocenters. The Morgan fingerprint density at radius 3 is 2.90 bits per heavy atom. The molecule has 1 atom stereocenters. The van der Waals surface area contributed by atoms with Crippen LogP contribution in [0.2, 0.25) is 0 Å². The number of benzene rings is 1. The number of Topliss-reactive ketones (excluding diaryl/α,β-unsaturated/α-hetero) is 1. The number of carbonyl (C=O) groups excluding carboxylic acids is 1. The molecule has 0 N–H and O–H groups in total. The Hall–Kier alpha value is -1.27. The van der Waals surface area contributed by atoms with Gasteiger partial charge in [-0.05, 0) is 27.9 Å². The molecular weight excluding hydrogens is 324 g/mol. The Morgan fingerprint density at radius 1 is 1.50 bits per heavy atom. The van der Waals surface area contributed by atoms with E-state index in [0.717, 1.165) is 25.1 Å². The SMILES string of the molecule is CCC1CN(Cc2cccc([N+](=O)[O-])c2Br)CCC1=O. The van der Waals surface area contributed by atoms with Gasteiger partial charge in [-0.2, -0.15) is 0 Å². The summed E-state index contributed by atoms with van der Waals surface area (Å²) in [5.41, 5.74) is 0.978. The first kappa shape index (κ1) is 15.1. The van der Waals surface area contributed by atoms with E-state index in [1.165, 1.54) is 6.07 Å². The van der Waals surface area contributed by atoms with Crippen molar-refractivity contribution in [1.29, 1.82) is 0 Å². The van der Waals surface area contributed by atoms with Gasteiger partial charge >= 0.3 is 0 Å². The van der Waals surface area contributed by atoms with Crippen LogP contribution in [-0.4, -0.2) is 28.7 Å². The predicted octanol–water partition coefficient (Wildman–Crippen LogP) is 3.16. The highest BCUT2D eigenvalue weighted by atomic mass is 79.9. The van der Waals surface area contributed by atoms with Gasteiger partial charge in [0.2, 0.25) is 0 Å². The lowest BCUT2D eigenvalue weighted by Gasteiger charge is -2.31. The minimum absolute atomic E-state index is 0.0858. The summed E-state index contributed by atoms with van der Waals surface area (Å²) in [7, 11) is 0. The second kappa shape index (κ2) is 6.45. The lowest BCUT2D eigenvalue weighted by Crippen LogP contribution is -2.40. The molecule has 0 aromatic heterocycles. The van der Waals surface area contributed by atoms with E-state index in [1.807, 2.05) is 13.0 Å². The summed E-state index contributed by atoms with van der Waals surface area (Å²) < 4.78 is 0.537. The minimum Gasteiger partial charge on any atom is -0.299 e. The number of rotatable bonds is 4. The summed E-state index contributed by atoms with van der Waals surface area (Å²) in [6.07, 6.45) is 1.43. The van der Waals surface area contributed by atoms with Crippen molar-refractivity contribution in [2.45, 2.75) is 26.3 Å². The monoisotopic (exact) mass is 340 g/mol. The average Bonchev–Trinajstić information content (AvgIpc) is 2.42. The summed E-state index contributed by atoms with van der Waals surface area (Å²) in [6.45, 7) is 4.12. The predicted molar refractivity (Wildman–Crippen MR) is 79.5 cm³/mol. The van der Waals surface area contributed by atoms with Gasteiger partial charge < -0.3 is 0 Å². The van der Waals surface area contributed by atoms with Crippen molar-refractivity contribution in [2.75, 3.05) is 13.1 Å². The van der Waals surface area contributed by atoms with Crippen molar-refractivity contribution in [3.05, 3.63) is 38.3 Å². The number of piperidine rings is 1. The van der Waals surface area contributed by atoms with E-state index < -0.39 is 0 Å². The summed E-state index contributed by atoms with van der Waals surface area (Å²) >= 11 is 3.32. The molecule has 1 aliphatic rings. The van der Waals surface area contributed by atoms with Gasteiger partial charge in [-0.25, -0.2) is 0 Å². The van der Waals surface area contributed by atoms with Gasteiger partial charge in [0.25, 0.3) is 5.69 Å². The number of nitro benzene ring substituents is 1. The molecule has 5 nitrogen and oxygen atoms in total. The Balaban J connectivity index is 2.13. The maximum absolute atomic E-state index is 11.7. The van der Waals surface area contributed by atoms with Crippen LogP contribution in [0.1, 0.15) is 25.3 Å². The van der Waals surface area contributed by atoms with E-state index in [0.29, 0.717) is 23.2 Å². The van der Waals surface area contributed by atoms with Gasteiger partial charge in [-0.1, -0.05) is 19.1 Å². The highest BCUT2D eigenvalue weighted by Gasteiger charge is 2.26.